The molecule has 38 heavy (non-hydrogen) atoms. The van der Waals surface area contributed by atoms with E-state index in [0.717, 1.165) is 14.2 Å². The summed E-state index contributed by atoms with van der Waals surface area (Å²) in [7, 11) is 0. The van der Waals surface area contributed by atoms with E-state index in [2.05, 4.69) is 0 Å². The highest BCUT2D eigenvalue weighted by atomic mass is 19.4. The minimum absolute atomic E-state index is 0.928. The maximum Gasteiger partial charge on any atom is 0.483 e. The van der Waals surface area contributed by atoms with Crippen molar-refractivity contribution in [1.82, 2.24) is 0 Å². The summed E-state index contributed by atoms with van der Waals surface area (Å²) in [5.41, 5.74) is 0. The van der Waals surface area contributed by atoms with E-state index < -0.39 is 66.8 Å². The molecule has 0 saturated heterocycles. The van der Waals surface area contributed by atoms with E-state index >= 15 is 0 Å². The lowest BCUT2D eigenvalue weighted by molar-refractivity contribution is -0.561. The summed E-state index contributed by atoms with van der Waals surface area (Å²) in [6.07, 6.45) is -64.0. The molecule has 0 unspecified atom stereocenters. The second-order valence-electron chi connectivity index (χ2n) is 6.13. The molecule has 0 spiro atoms. The summed E-state index contributed by atoms with van der Waals surface area (Å²) in [4.78, 5) is 0. The Morgan fingerprint density at radius 1 is 0.211 bits per heavy atom. The Balaban J connectivity index is 6.39. The van der Waals surface area contributed by atoms with Crippen LogP contribution in [0.1, 0.15) is 0 Å². The molecule has 0 saturated carbocycles. The first kappa shape index (κ1) is 36.2. The second-order valence-corrected chi connectivity index (χ2v) is 6.13. The highest BCUT2D eigenvalue weighted by Gasteiger charge is 2.86. The summed E-state index contributed by atoms with van der Waals surface area (Å²) in [5.74, 6) is -25.0. The Kier molecular flexibility index (Phi) is 8.69. The normalized spacial score (nSPS) is 16.7. The van der Waals surface area contributed by atoms with E-state index in [-0.39, 0.29) is 0 Å². The van der Waals surface area contributed by atoms with Crippen molar-refractivity contribution in [2.75, 3.05) is 0 Å². The predicted octanol–water partition coefficient (Wildman–Crippen LogP) is 7.62. The van der Waals surface area contributed by atoms with Gasteiger partial charge in [0.1, 0.15) is 0 Å². The minimum Gasteiger partial charge on any atom is -0.245 e. The van der Waals surface area contributed by atoms with Gasteiger partial charge >= 0.3 is 66.8 Å². The maximum atomic E-state index is 13.2. The highest BCUT2D eigenvalue weighted by molar-refractivity contribution is 4.94. The highest BCUT2D eigenvalue weighted by Crippen LogP contribution is 2.57. The molecule has 0 fully saturated rings. The maximum absolute atomic E-state index is 13.2. The van der Waals surface area contributed by atoms with Gasteiger partial charge in [0.05, 0.1) is 0 Å². The van der Waals surface area contributed by atoms with Crippen molar-refractivity contribution in [2.45, 2.75) is 66.8 Å². The first-order chi connectivity index (χ1) is 15.9. The van der Waals surface area contributed by atoms with Gasteiger partial charge in [0.25, 0.3) is 0 Å². The van der Waals surface area contributed by atoms with Crippen LogP contribution in [0.15, 0.2) is 0 Å². The van der Waals surface area contributed by atoms with Crippen LogP contribution in [0.25, 0.3) is 0 Å². The summed E-state index contributed by atoms with van der Waals surface area (Å²) in [5, 5.41) is 0. The fraction of sp³-hybridized carbons (Fsp3) is 1.00. The third-order valence-electron chi connectivity index (χ3n) is 3.28. The minimum atomic E-state index is -8.56. The molecule has 0 aliphatic rings. The Labute approximate surface area is 188 Å². The zero-order chi connectivity index (χ0) is 31.6. The quantitative estimate of drug-likeness (QED) is 0.219. The molecule has 0 amide bonds. The van der Waals surface area contributed by atoms with Crippen molar-refractivity contribution in [1.29, 1.82) is 0 Å². The average Bonchev–Trinajstić information content (AvgIpc) is 2.56. The first-order valence-corrected chi connectivity index (χ1v) is 7.51. The van der Waals surface area contributed by atoms with Crippen molar-refractivity contribution < 1.29 is 120 Å². The molecule has 0 aromatic carbocycles. The molecular weight excluding hydrogens is 636 g/mol. The Morgan fingerprint density at radius 3 is 0.579 bits per heavy atom. The van der Waals surface area contributed by atoms with E-state index in [0.29, 0.717) is 0 Å². The topological polar surface area (TPSA) is 27.7 Å². The number of alkyl halides is 24. The number of hydrogen-bond donors (Lipinski definition) is 0. The summed E-state index contributed by atoms with van der Waals surface area (Å²) in [6.45, 7) is 0. The fourth-order valence-corrected chi connectivity index (χ4v) is 1.37. The van der Waals surface area contributed by atoms with Crippen LogP contribution >= 0.6 is 0 Å². The molecule has 0 aromatic rings. The monoisotopic (exact) mass is 636 g/mol. The summed E-state index contributed by atoms with van der Waals surface area (Å²) < 4.78 is 305. The van der Waals surface area contributed by atoms with E-state index in [4.69, 9.17) is 0 Å². The molecule has 0 aliphatic carbocycles. The van der Waals surface area contributed by atoms with Crippen LogP contribution in [0, 0.1) is 0 Å². The third kappa shape index (κ3) is 6.01. The van der Waals surface area contributed by atoms with E-state index in [9.17, 15) is 105 Å². The molecule has 0 atom stereocenters. The van der Waals surface area contributed by atoms with Gasteiger partial charge in [-0.2, -0.15) is 105 Å². The Bertz CT molecular complexity index is 835. The molecule has 0 rings (SSSR count). The van der Waals surface area contributed by atoms with Crippen molar-refractivity contribution in [3.63, 3.8) is 0 Å². The van der Waals surface area contributed by atoms with Crippen molar-refractivity contribution in [3.05, 3.63) is 0 Å². The largest absolute Gasteiger partial charge is 0.483 e. The Morgan fingerprint density at radius 2 is 0.395 bits per heavy atom. The molecule has 0 aliphatic heterocycles. The molecular formula is C11F24O3. The lowest BCUT2D eigenvalue weighted by Crippen LogP contribution is -2.66. The van der Waals surface area contributed by atoms with Gasteiger partial charge in [-0.25, -0.2) is 14.2 Å². The zero-order valence-corrected chi connectivity index (χ0v) is 15.8. The molecule has 0 heterocycles. The van der Waals surface area contributed by atoms with E-state index in [1.54, 1.807) is 0 Å². The van der Waals surface area contributed by atoms with Gasteiger partial charge < -0.3 is 0 Å². The number of hydrogen-bond acceptors (Lipinski definition) is 3. The molecule has 0 aromatic heterocycles. The lowest BCUT2D eigenvalue weighted by Gasteiger charge is -2.38. The second kappa shape index (κ2) is 9.12. The molecule has 0 N–H and O–H groups in total. The van der Waals surface area contributed by atoms with Gasteiger partial charge in [-0.05, 0) is 0 Å². The van der Waals surface area contributed by atoms with Crippen molar-refractivity contribution in [3.8, 4) is 0 Å². The van der Waals surface area contributed by atoms with Crippen LogP contribution in [-0.4, -0.2) is 66.8 Å². The van der Waals surface area contributed by atoms with E-state index in [1.165, 1.54) is 0 Å². The smallest absolute Gasteiger partial charge is 0.245 e. The predicted molar refractivity (Wildman–Crippen MR) is 59.9 cm³/mol. The van der Waals surface area contributed by atoms with Gasteiger partial charge in [0, 0.05) is 0 Å². The molecule has 0 radical (unpaired) electrons. The zero-order valence-electron chi connectivity index (χ0n) is 15.8. The summed E-state index contributed by atoms with van der Waals surface area (Å²) in [6, 6.07) is 0. The fourth-order valence-electron chi connectivity index (χ4n) is 1.37. The van der Waals surface area contributed by atoms with Crippen molar-refractivity contribution in [2.24, 2.45) is 0 Å². The number of rotatable bonds is 11. The molecule has 27 heteroatoms. The van der Waals surface area contributed by atoms with Gasteiger partial charge in [-0.1, -0.05) is 0 Å². The van der Waals surface area contributed by atoms with Gasteiger partial charge in [-0.3, -0.25) is 0 Å². The van der Waals surface area contributed by atoms with Gasteiger partial charge in [0.2, 0.25) is 0 Å². The van der Waals surface area contributed by atoms with Crippen LogP contribution in [0.3, 0.4) is 0 Å². The van der Waals surface area contributed by atoms with Crippen molar-refractivity contribution >= 4 is 0 Å². The summed E-state index contributed by atoms with van der Waals surface area (Å²) >= 11 is 0. The number of ether oxygens (including phenoxy) is 3. The van der Waals surface area contributed by atoms with Crippen LogP contribution in [0.2, 0.25) is 0 Å². The third-order valence-corrected chi connectivity index (χ3v) is 3.28. The van der Waals surface area contributed by atoms with Crippen LogP contribution < -0.4 is 0 Å². The lowest BCUT2D eigenvalue weighted by atomic mass is 10.2. The molecule has 230 valence electrons. The standard InChI is InChI=1S/C11F24O3/c12-1(13,4(18,19)20)6(24,25)36-7(26,27)2(14,15)8(28,29)37-9(30,31)3(16,17)10(32,33)38-11(34,35)5(21,22)23. The van der Waals surface area contributed by atoms with Gasteiger partial charge in [0.15, 0.2) is 0 Å². The van der Waals surface area contributed by atoms with E-state index in [1.807, 2.05) is 0 Å². The molecule has 0 bridgehead atoms. The van der Waals surface area contributed by atoms with Crippen LogP contribution in [0.4, 0.5) is 105 Å². The van der Waals surface area contributed by atoms with Gasteiger partial charge in [-0.15, -0.1) is 0 Å². The average molecular weight is 636 g/mol. The van der Waals surface area contributed by atoms with Crippen LogP contribution in [-0.2, 0) is 14.2 Å². The SMILES string of the molecule is FC(F)(F)C(F)(F)OC(F)(F)C(F)(F)C(F)(F)OC(F)(F)C(F)(F)C(F)(F)OC(F)(F)C(F)(F)C(F)(F)F. The first-order valence-electron chi connectivity index (χ1n) is 7.51. The molecule has 3 nitrogen and oxygen atoms in total. The Hall–Kier alpha value is -1.80. The number of halogens is 24. The van der Waals surface area contributed by atoms with Crippen LogP contribution in [0.5, 0.6) is 0 Å².